The number of rotatable bonds is 3. The van der Waals surface area contributed by atoms with Crippen molar-refractivity contribution in [1.29, 1.82) is 0 Å². The number of halogens is 1. The van der Waals surface area contributed by atoms with E-state index in [0.29, 0.717) is 18.8 Å². The molecule has 2 aromatic heterocycles. The van der Waals surface area contributed by atoms with Gasteiger partial charge in [-0.3, -0.25) is 4.79 Å². The van der Waals surface area contributed by atoms with Crippen LogP contribution in [-0.2, 0) is 4.79 Å². The average Bonchev–Trinajstić information content (AvgIpc) is 3.05. The zero-order chi connectivity index (χ0) is 18.3. The molecule has 134 valence electrons. The second-order valence-electron chi connectivity index (χ2n) is 6.55. The van der Waals surface area contributed by atoms with E-state index < -0.39 is 5.97 Å². The Balaban J connectivity index is 1.84. The first-order valence-electron chi connectivity index (χ1n) is 8.52. The smallest absolute Gasteiger partial charge is 0.308 e. The number of nitrogens with zero attached hydrogens (tertiary/aromatic N) is 3. The van der Waals surface area contributed by atoms with Gasteiger partial charge in [-0.25, -0.2) is 14.4 Å². The molecule has 4 rings (SSSR count). The van der Waals surface area contributed by atoms with Crippen LogP contribution in [-0.4, -0.2) is 34.1 Å². The molecular weight excluding hydrogens is 353 g/mol. The molecule has 3 aromatic rings. The fourth-order valence-corrected chi connectivity index (χ4v) is 4.46. The molecule has 0 radical (unpaired) electrons. The van der Waals surface area contributed by atoms with E-state index in [-0.39, 0.29) is 11.7 Å². The number of hydrogen-bond donors (Lipinski definition) is 1. The number of piperidine rings is 1. The van der Waals surface area contributed by atoms with Gasteiger partial charge in [0, 0.05) is 24.0 Å². The van der Waals surface area contributed by atoms with Crippen molar-refractivity contribution >= 4 is 33.3 Å². The van der Waals surface area contributed by atoms with Crippen LogP contribution in [0, 0.1) is 18.7 Å². The number of fused-ring (bicyclic) bond motifs is 1. The standard InChI is InChI=1S/C19H18FN3O2S/c1-11-21-17(23-8-2-3-13(9-23)19(24)25)16-15(10-26-18(16)22-11)12-4-6-14(20)7-5-12/h4-7,10,13H,2-3,8-9H2,1H3,(H,24,25). The summed E-state index contributed by atoms with van der Waals surface area (Å²) in [6, 6.07) is 6.37. The van der Waals surface area contributed by atoms with Crippen molar-refractivity contribution in [3.8, 4) is 11.1 Å². The SMILES string of the molecule is Cc1nc(N2CCCC(C(=O)O)C2)c2c(-c3ccc(F)cc3)csc2n1. The molecule has 1 unspecified atom stereocenters. The molecule has 1 atom stereocenters. The van der Waals surface area contributed by atoms with E-state index in [4.69, 9.17) is 0 Å². The predicted octanol–water partition coefficient (Wildman–Crippen LogP) is 4.11. The quantitative estimate of drug-likeness (QED) is 0.751. The molecule has 1 fully saturated rings. The summed E-state index contributed by atoms with van der Waals surface area (Å²) < 4.78 is 13.3. The van der Waals surface area contributed by atoms with Crippen LogP contribution in [0.15, 0.2) is 29.6 Å². The van der Waals surface area contributed by atoms with Crippen molar-refractivity contribution < 1.29 is 14.3 Å². The largest absolute Gasteiger partial charge is 0.481 e. The van der Waals surface area contributed by atoms with Crippen molar-refractivity contribution in [2.75, 3.05) is 18.0 Å². The van der Waals surface area contributed by atoms with Gasteiger partial charge in [0.05, 0.1) is 11.3 Å². The highest BCUT2D eigenvalue weighted by Crippen LogP contribution is 2.39. The molecule has 1 N–H and O–H groups in total. The van der Waals surface area contributed by atoms with Crippen LogP contribution >= 0.6 is 11.3 Å². The number of anilines is 1. The second-order valence-corrected chi connectivity index (χ2v) is 7.41. The maximum absolute atomic E-state index is 13.3. The van der Waals surface area contributed by atoms with Crippen molar-refractivity contribution in [1.82, 2.24) is 9.97 Å². The van der Waals surface area contributed by atoms with Crippen LogP contribution < -0.4 is 4.90 Å². The van der Waals surface area contributed by atoms with Crippen LogP contribution in [0.1, 0.15) is 18.7 Å². The molecule has 7 heteroatoms. The molecule has 0 saturated carbocycles. The number of thiophene rings is 1. The van der Waals surface area contributed by atoms with Gasteiger partial charge < -0.3 is 10.0 Å². The van der Waals surface area contributed by atoms with Crippen molar-refractivity contribution in [2.24, 2.45) is 5.92 Å². The highest BCUT2D eigenvalue weighted by Gasteiger charge is 2.28. The summed E-state index contributed by atoms with van der Waals surface area (Å²) in [7, 11) is 0. The Morgan fingerprint density at radius 2 is 2.08 bits per heavy atom. The minimum absolute atomic E-state index is 0.277. The Morgan fingerprint density at radius 1 is 1.31 bits per heavy atom. The predicted molar refractivity (Wildman–Crippen MR) is 100 cm³/mol. The lowest BCUT2D eigenvalue weighted by Crippen LogP contribution is -2.39. The van der Waals surface area contributed by atoms with Gasteiger partial charge >= 0.3 is 5.97 Å². The van der Waals surface area contributed by atoms with Gasteiger partial charge in [-0.1, -0.05) is 12.1 Å². The number of aryl methyl sites for hydroxylation is 1. The van der Waals surface area contributed by atoms with Gasteiger partial charge in [-0.05, 0) is 37.5 Å². The second kappa shape index (κ2) is 6.64. The van der Waals surface area contributed by atoms with E-state index >= 15 is 0 Å². The Hall–Kier alpha value is -2.54. The molecule has 0 aliphatic carbocycles. The third-order valence-corrected chi connectivity index (χ3v) is 5.62. The first-order chi connectivity index (χ1) is 12.5. The molecule has 1 saturated heterocycles. The summed E-state index contributed by atoms with van der Waals surface area (Å²) in [6.45, 7) is 3.06. The van der Waals surface area contributed by atoms with Crippen LogP contribution in [0.25, 0.3) is 21.3 Å². The van der Waals surface area contributed by atoms with E-state index in [1.807, 2.05) is 12.3 Å². The molecule has 1 aliphatic heterocycles. The fourth-order valence-electron chi connectivity index (χ4n) is 3.47. The van der Waals surface area contributed by atoms with E-state index in [1.54, 1.807) is 12.1 Å². The summed E-state index contributed by atoms with van der Waals surface area (Å²) in [5.41, 5.74) is 1.86. The number of aromatic nitrogens is 2. The lowest BCUT2D eigenvalue weighted by atomic mass is 9.97. The number of carboxylic acids is 1. The maximum atomic E-state index is 13.3. The van der Waals surface area contributed by atoms with E-state index in [9.17, 15) is 14.3 Å². The summed E-state index contributed by atoms with van der Waals surface area (Å²) in [6.07, 6.45) is 1.50. The zero-order valence-electron chi connectivity index (χ0n) is 14.3. The molecule has 1 aliphatic rings. The van der Waals surface area contributed by atoms with E-state index in [1.165, 1.54) is 23.5 Å². The Labute approximate surface area is 154 Å². The molecule has 26 heavy (non-hydrogen) atoms. The molecular formula is C19H18FN3O2S. The highest BCUT2D eigenvalue weighted by molar-refractivity contribution is 7.17. The first kappa shape index (κ1) is 16.9. The molecule has 0 amide bonds. The molecule has 0 bridgehead atoms. The van der Waals surface area contributed by atoms with Gasteiger partial charge in [0.2, 0.25) is 0 Å². The number of hydrogen-bond acceptors (Lipinski definition) is 5. The molecule has 3 heterocycles. The van der Waals surface area contributed by atoms with Crippen molar-refractivity contribution in [3.05, 3.63) is 41.3 Å². The number of benzene rings is 1. The minimum Gasteiger partial charge on any atom is -0.481 e. The number of aliphatic carboxylic acids is 1. The van der Waals surface area contributed by atoms with Gasteiger partial charge in [0.25, 0.3) is 0 Å². The van der Waals surface area contributed by atoms with Crippen molar-refractivity contribution in [2.45, 2.75) is 19.8 Å². The maximum Gasteiger partial charge on any atom is 0.308 e. The Kier molecular flexibility index (Phi) is 4.32. The highest BCUT2D eigenvalue weighted by atomic mass is 32.1. The first-order valence-corrected chi connectivity index (χ1v) is 9.40. The van der Waals surface area contributed by atoms with Gasteiger partial charge in [-0.15, -0.1) is 11.3 Å². The zero-order valence-corrected chi connectivity index (χ0v) is 15.1. The summed E-state index contributed by atoms with van der Waals surface area (Å²) in [4.78, 5) is 23.5. The number of carbonyl (C=O) groups is 1. The van der Waals surface area contributed by atoms with Gasteiger partial charge in [-0.2, -0.15) is 0 Å². The Bertz CT molecular complexity index is 971. The lowest BCUT2D eigenvalue weighted by Gasteiger charge is -2.32. The summed E-state index contributed by atoms with van der Waals surface area (Å²) in [5.74, 6) is 0.0141. The molecule has 1 aromatic carbocycles. The fraction of sp³-hybridized carbons (Fsp3) is 0.316. The third kappa shape index (κ3) is 3.03. The average molecular weight is 371 g/mol. The van der Waals surface area contributed by atoms with E-state index in [0.717, 1.165) is 40.1 Å². The molecule has 5 nitrogen and oxygen atoms in total. The van der Waals surface area contributed by atoms with Gasteiger partial charge in [0.15, 0.2) is 0 Å². The minimum atomic E-state index is -0.763. The third-order valence-electron chi connectivity index (χ3n) is 4.75. The van der Waals surface area contributed by atoms with Crippen molar-refractivity contribution in [3.63, 3.8) is 0 Å². The normalized spacial score (nSPS) is 17.6. The lowest BCUT2D eigenvalue weighted by molar-refractivity contribution is -0.141. The summed E-state index contributed by atoms with van der Waals surface area (Å²) in [5, 5.41) is 12.3. The van der Waals surface area contributed by atoms with Crippen LogP contribution in [0.2, 0.25) is 0 Å². The van der Waals surface area contributed by atoms with Crippen LogP contribution in [0.3, 0.4) is 0 Å². The number of carboxylic acid groups (broad SMARTS) is 1. The summed E-state index contributed by atoms with van der Waals surface area (Å²) >= 11 is 1.52. The monoisotopic (exact) mass is 371 g/mol. The molecule has 0 spiro atoms. The van der Waals surface area contributed by atoms with Gasteiger partial charge in [0.1, 0.15) is 22.3 Å². The van der Waals surface area contributed by atoms with Crippen LogP contribution in [0.4, 0.5) is 10.2 Å². The van der Waals surface area contributed by atoms with E-state index in [2.05, 4.69) is 14.9 Å². The topological polar surface area (TPSA) is 66.3 Å². The Morgan fingerprint density at radius 3 is 2.81 bits per heavy atom. The van der Waals surface area contributed by atoms with Crippen LogP contribution in [0.5, 0.6) is 0 Å².